The molecule has 1 unspecified atom stereocenters. The molecular weight excluding hydrogens is 279 g/mol. The largest absolute Gasteiger partial charge is 0.491 e. The molecule has 0 aliphatic carbocycles. The molecule has 0 saturated heterocycles. The van der Waals surface area contributed by atoms with Crippen molar-refractivity contribution >= 4 is 11.6 Å². The van der Waals surface area contributed by atoms with Crippen molar-refractivity contribution in [2.24, 2.45) is 0 Å². The van der Waals surface area contributed by atoms with E-state index in [9.17, 15) is 9.50 Å². The van der Waals surface area contributed by atoms with E-state index in [2.05, 4.69) is 0 Å². The normalized spacial score (nSPS) is 12.5. The number of aliphatic hydroxyl groups excluding tert-OH is 1. The number of hydrogen-bond acceptors (Lipinski definition) is 2. The Hall–Kier alpha value is -1.58. The molecule has 20 heavy (non-hydrogen) atoms. The van der Waals surface area contributed by atoms with Gasteiger partial charge in [0.05, 0.1) is 11.1 Å². The van der Waals surface area contributed by atoms with Gasteiger partial charge in [-0.05, 0) is 37.6 Å². The highest BCUT2D eigenvalue weighted by atomic mass is 35.5. The summed E-state index contributed by atoms with van der Waals surface area (Å²) in [6.07, 6.45) is -0.880. The molecule has 4 heteroatoms. The average Bonchev–Trinajstić information content (AvgIpc) is 2.41. The van der Waals surface area contributed by atoms with Crippen LogP contribution in [0, 0.1) is 5.82 Å². The fraction of sp³-hybridized carbons (Fsp3) is 0.250. The van der Waals surface area contributed by atoms with Crippen LogP contribution >= 0.6 is 11.6 Å². The van der Waals surface area contributed by atoms with Gasteiger partial charge in [0.2, 0.25) is 0 Å². The van der Waals surface area contributed by atoms with E-state index in [-0.39, 0.29) is 11.1 Å². The Morgan fingerprint density at radius 3 is 2.35 bits per heavy atom. The van der Waals surface area contributed by atoms with E-state index in [4.69, 9.17) is 16.3 Å². The Morgan fingerprint density at radius 1 is 1.10 bits per heavy atom. The molecule has 0 amide bonds. The molecule has 0 aliphatic heterocycles. The van der Waals surface area contributed by atoms with E-state index < -0.39 is 11.9 Å². The predicted molar refractivity (Wildman–Crippen MR) is 77.7 cm³/mol. The van der Waals surface area contributed by atoms with Crippen LogP contribution < -0.4 is 4.74 Å². The van der Waals surface area contributed by atoms with Gasteiger partial charge in [-0.25, -0.2) is 4.39 Å². The molecule has 0 spiro atoms. The van der Waals surface area contributed by atoms with Crippen LogP contribution in [0.4, 0.5) is 4.39 Å². The predicted octanol–water partition coefficient (Wildman–Crippen LogP) is 4.35. The Morgan fingerprint density at radius 2 is 1.75 bits per heavy atom. The molecule has 0 aliphatic rings. The minimum atomic E-state index is -0.966. The molecule has 1 N–H and O–H groups in total. The smallest absolute Gasteiger partial charge is 0.142 e. The molecule has 106 valence electrons. The third-order valence-electron chi connectivity index (χ3n) is 2.84. The van der Waals surface area contributed by atoms with Crippen molar-refractivity contribution in [3.05, 3.63) is 64.4 Å². The first-order valence-corrected chi connectivity index (χ1v) is 6.75. The van der Waals surface area contributed by atoms with Crippen molar-refractivity contribution in [3.63, 3.8) is 0 Å². The first-order chi connectivity index (χ1) is 9.49. The quantitative estimate of drug-likeness (QED) is 0.908. The van der Waals surface area contributed by atoms with Gasteiger partial charge in [-0.2, -0.15) is 0 Å². The first-order valence-electron chi connectivity index (χ1n) is 6.37. The standard InChI is InChI=1S/C16H16ClFO2/c1-10(2)20-12-8-6-11(7-9-12)16(19)13-4-3-5-14(18)15(13)17/h3-10,16,19H,1-2H3. The molecule has 2 nitrogen and oxygen atoms in total. The number of hydrogen-bond donors (Lipinski definition) is 1. The van der Waals surface area contributed by atoms with Crippen LogP contribution in [-0.4, -0.2) is 11.2 Å². The number of halogens is 2. The summed E-state index contributed by atoms with van der Waals surface area (Å²) in [6, 6.07) is 11.4. The van der Waals surface area contributed by atoms with E-state index in [1.54, 1.807) is 30.3 Å². The number of ether oxygens (including phenoxy) is 1. The SMILES string of the molecule is CC(C)Oc1ccc(C(O)c2cccc(F)c2Cl)cc1. The number of aliphatic hydroxyl groups is 1. The van der Waals surface area contributed by atoms with Gasteiger partial charge >= 0.3 is 0 Å². The van der Waals surface area contributed by atoms with Gasteiger partial charge in [0.15, 0.2) is 0 Å². The highest BCUT2D eigenvalue weighted by Gasteiger charge is 2.16. The Labute approximate surface area is 122 Å². The Kier molecular flexibility index (Phi) is 4.63. The molecule has 0 fully saturated rings. The van der Waals surface area contributed by atoms with Crippen molar-refractivity contribution in [1.82, 2.24) is 0 Å². The fourth-order valence-corrected chi connectivity index (χ4v) is 2.14. The molecule has 0 heterocycles. The summed E-state index contributed by atoms with van der Waals surface area (Å²) >= 11 is 5.88. The summed E-state index contributed by atoms with van der Waals surface area (Å²) in [6.45, 7) is 3.88. The minimum Gasteiger partial charge on any atom is -0.491 e. The third-order valence-corrected chi connectivity index (χ3v) is 3.24. The zero-order valence-electron chi connectivity index (χ0n) is 11.3. The Balaban J connectivity index is 2.25. The third kappa shape index (κ3) is 3.30. The molecule has 1 atom stereocenters. The molecule has 0 radical (unpaired) electrons. The van der Waals surface area contributed by atoms with Crippen molar-refractivity contribution in [2.45, 2.75) is 26.1 Å². The summed E-state index contributed by atoms with van der Waals surface area (Å²) in [5.74, 6) is 0.185. The van der Waals surface area contributed by atoms with Gasteiger partial charge in [-0.1, -0.05) is 35.9 Å². The Bertz CT molecular complexity index is 582. The van der Waals surface area contributed by atoms with Crippen molar-refractivity contribution in [3.8, 4) is 5.75 Å². The number of benzene rings is 2. The van der Waals surface area contributed by atoms with Crippen LogP contribution in [0.5, 0.6) is 5.75 Å². The molecule has 0 saturated carbocycles. The van der Waals surface area contributed by atoms with E-state index in [1.807, 2.05) is 13.8 Å². The maximum Gasteiger partial charge on any atom is 0.142 e. The van der Waals surface area contributed by atoms with Crippen LogP contribution in [-0.2, 0) is 0 Å². The lowest BCUT2D eigenvalue weighted by atomic mass is 10.0. The van der Waals surface area contributed by atoms with E-state index in [0.29, 0.717) is 11.1 Å². The van der Waals surface area contributed by atoms with Gasteiger partial charge in [-0.3, -0.25) is 0 Å². The van der Waals surface area contributed by atoms with E-state index >= 15 is 0 Å². The van der Waals surface area contributed by atoms with Crippen LogP contribution in [0.15, 0.2) is 42.5 Å². The van der Waals surface area contributed by atoms with Crippen LogP contribution in [0.2, 0.25) is 5.02 Å². The van der Waals surface area contributed by atoms with Crippen LogP contribution in [0.25, 0.3) is 0 Å². The molecule has 0 bridgehead atoms. The van der Waals surface area contributed by atoms with Gasteiger partial charge in [0.25, 0.3) is 0 Å². The van der Waals surface area contributed by atoms with Gasteiger partial charge in [-0.15, -0.1) is 0 Å². The molecule has 0 aromatic heterocycles. The van der Waals surface area contributed by atoms with Gasteiger partial charge in [0.1, 0.15) is 17.7 Å². The lowest BCUT2D eigenvalue weighted by molar-refractivity contribution is 0.219. The summed E-state index contributed by atoms with van der Waals surface area (Å²) in [4.78, 5) is 0. The highest BCUT2D eigenvalue weighted by Crippen LogP contribution is 2.30. The van der Waals surface area contributed by atoms with E-state index in [0.717, 1.165) is 5.75 Å². The maximum absolute atomic E-state index is 13.4. The second kappa shape index (κ2) is 6.25. The fourth-order valence-electron chi connectivity index (χ4n) is 1.91. The topological polar surface area (TPSA) is 29.5 Å². The first kappa shape index (κ1) is 14.8. The lowest BCUT2D eigenvalue weighted by Crippen LogP contribution is -2.06. The molecule has 2 aromatic rings. The van der Waals surface area contributed by atoms with Gasteiger partial charge < -0.3 is 9.84 Å². The summed E-state index contributed by atoms with van der Waals surface area (Å²) in [5, 5.41) is 10.2. The van der Waals surface area contributed by atoms with Crippen LogP contribution in [0.3, 0.4) is 0 Å². The zero-order valence-corrected chi connectivity index (χ0v) is 12.1. The second-order valence-corrected chi connectivity index (χ2v) is 5.16. The zero-order chi connectivity index (χ0) is 14.7. The lowest BCUT2D eigenvalue weighted by Gasteiger charge is -2.15. The molecule has 2 rings (SSSR count). The summed E-state index contributed by atoms with van der Waals surface area (Å²) < 4.78 is 18.9. The monoisotopic (exact) mass is 294 g/mol. The van der Waals surface area contributed by atoms with Crippen LogP contribution in [0.1, 0.15) is 31.1 Å². The van der Waals surface area contributed by atoms with Crippen molar-refractivity contribution in [2.75, 3.05) is 0 Å². The van der Waals surface area contributed by atoms with Crippen molar-refractivity contribution in [1.29, 1.82) is 0 Å². The average molecular weight is 295 g/mol. The second-order valence-electron chi connectivity index (χ2n) is 4.78. The minimum absolute atomic E-state index is 0.0532. The summed E-state index contributed by atoms with van der Waals surface area (Å²) in [7, 11) is 0. The van der Waals surface area contributed by atoms with E-state index in [1.165, 1.54) is 12.1 Å². The molecule has 2 aromatic carbocycles. The molecular formula is C16H16ClFO2. The van der Waals surface area contributed by atoms with Gasteiger partial charge in [0, 0.05) is 5.56 Å². The van der Waals surface area contributed by atoms with Crippen molar-refractivity contribution < 1.29 is 14.2 Å². The number of rotatable bonds is 4. The maximum atomic E-state index is 13.4. The highest BCUT2D eigenvalue weighted by molar-refractivity contribution is 6.31. The summed E-state index contributed by atoms with van der Waals surface area (Å²) in [5.41, 5.74) is 0.984.